The Bertz CT molecular complexity index is 448. The maximum absolute atomic E-state index is 13.4. The second kappa shape index (κ2) is 6.93. The van der Waals surface area contributed by atoms with Gasteiger partial charge in [0.25, 0.3) is 0 Å². The van der Waals surface area contributed by atoms with E-state index in [2.05, 4.69) is 5.32 Å². The molecule has 2 rings (SSSR count). The summed E-state index contributed by atoms with van der Waals surface area (Å²) in [5, 5.41) is 2.53. The van der Waals surface area contributed by atoms with Gasteiger partial charge < -0.3 is 5.32 Å². The number of benzene rings is 1. The van der Waals surface area contributed by atoms with Crippen LogP contribution in [-0.4, -0.2) is 37.3 Å². The van der Waals surface area contributed by atoms with Crippen molar-refractivity contribution in [1.82, 2.24) is 10.2 Å². The Labute approximate surface area is 125 Å². The molecule has 1 aliphatic rings. The molecule has 1 saturated heterocycles. The van der Waals surface area contributed by atoms with Gasteiger partial charge in [0.2, 0.25) is 0 Å². The quantitative estimate of drug-likeness (QED) is 0.835. The molecule has 1 aliphatic heterocycles. The Morgan fingerprint density at radius 1 is 1.20 bits per heavy atom. The highest BCUT2D eigenvalue weighted by Crippen LogP contribution is 2.41. The van der Waals surface area contributed by atoms with Crippen LogP contribution < -0.4 is 5.32 Å². The Morgan fingerprint density at radius 2 is 1.80 bits per heavy atom. The minimum Gasteiger partial charge on any atom is -0.314 e. The lowest BCUT2D eigenvalue weighted by Gasteiger charge is -2.36. The van der Waals surface area contributed by atoms with Crippen LogP contribution in [0.4, 0.5) is 17.6 Å². The molecule has 20 heavy (non-hydrogen) atoms. The molecular formula is C12H14Cl2F4N2. The predicted molar refractivity (Wildman–Crippen MR) is 71.9 cm³/mol. The summed E-state index contributed by atoms with van der Waals surface area (Å²) in [6, 6.07) is 1.66. The number of hydrogen-bond donors (Lipinski definition) is 1. The van der Waals surface area contributed by atoms with Crippen LogP contribution in [0.1, 0.15) is 11.6 Å². The molecule has 8 heteroatoms. The topological polar surface area (TPSA) is 15.3 Å². The van der Waals surface area contributed by atoms with Crippen molar-refractivity contribution in [3.05, 3.63) is 34.6 Å². The molecule has 1 atom stereocenters. The highest BCUT2D eigenvalue weighted by atomic mass is 35.5. The van der Waals surface area contributed by atoms with E-state index in [9.17, 15) is 17.6 Å². The molecule has 0 spiro atoms. The average Bonchev–Trinajstić information content (AvgIpc) is 2.35. The molecular weight excluding hydrogens is 319 g/mol. The van der Waals surface area contributed by atoms with Crippen molar-refractivity contribution in [1.29, 1.82) is 0 Å². The Morgan fingerprint density at radius 3 is 2.35 bits per heavy atom. The summed E-state index contributed by atoms with van der Waals surface area (Å²) in [5.41, 5.74) is -0.226. The zero-order chi connectivity index (χ0) is 14.0. The summed E-state index contributed by atoms with van der Waals surface area (Å²) in [5.74, 6) is -0.830. The number of rotatable bonds is 2. The normalized spacial score (nSPS) is 18.4. The van der Waals surface area contributed by atoms with E-state index in [0.717, 1.165) is 6.07 Å². The van der Waals surface area contributed by atoms with Gasteiger partial charge in [0.15, 0.2) is 0 Å². The van der Waals surface area contributed by atoms with Crippen molar-refractivity contribution in [3.63, 3.8) is 0 Å². The first kappa shape index (κ1) is 17.5. The third-order valence-electron chi connectivity index (χ3n) is 3.10. The summed E-state index contributed by atoms with van der Waals surface area (Å²) in [6.07, 6.45) is -4.49. The van der Waals surface area contributed by atoms with E-state index in [1.54, 1.807) is 0 Å². The van der Waals surface area contributed by atoms with Crippen molar-refractivity contribution in [2.24, 2.45) is 0 Å². The van der Waals surface area contributed by atoms with Gasteiger partial charge in [-0.15, -0.1) is 12.4 Å². The smallest absolute Gasteiger partial charge is 0.314 e. The van der Waals surface area contributed by atoms with Gasteiger partial charge in [-0.2, -0.15) is 13.2 Å². The predicted octanol–water partition coefficient (Wildman–Crippen LogP) is 3.41. The molecule has 114 valence electrons. The minimum atomic E-state index is -4.49. The van der Waals surface area contributed by atoms with E-state index in [1.165, 1.54) is 17.0 Å². The van der Waals surface area contributed by atoms with Crippen LogP contribution in [-0.2, 0) is 0 Å². The number of nitrogens with zero attached hydrogens (tertiary/aromatic N) is 1. The Hall–Kier alpha value is -0.560. The summed E-state index contributed by atoms with van der Waals surface area (Å²) in [7, 11) is 0. The fourth-order valence-corrected chi connectivity index (χ4v) is 2.48. The molecule has 1 aromatic carbocycles. The Balaban J connectivity index is 0.00000200. The van der Waals surface area contributed by atoms with Crippen molar-refractivity contribution in [3.8, 4) is 0 Å². The van der Waals surface area contributed by atoms with E-state index in [-0.39, 0.29) is 31.1 Å². The number of halogens is 6. The lowest BCUT2D eigenvalue weighted by molar-refractivity contribution is -0.187. The summed E-state index contributed by atoms with van der Waals surface area (Å²) in [4.78, 5) is 1.27. The fourth-order valence-electron chi connectivity index (χ4n) is 2.25. The number of hydrogen-bond acceptors (Lipinski definition) is 2. The third kappa shape index (κ3) is 3.75. The number of nitrogens with one attached hydrogen (secondary N) is 1. The molecule has 2 nitrogen and oxygen atoms in total. The number of piperazine rings is 1. The van der Waals surface area contributed by atoms with E-state index in [4.69, 9.17) is 11.6 Å². The van der Waals surface area contributed by atoms with E-state index in [0.29, 0.717) is 13.1 Å². The average molecular weight is 333 g/mol. The molecule has 1 N–H and O–H groups in total. The lowest BCUT2D eigenvalue weighted by atomic mass is 10.0. The van der Waals surface area contributed by atoms with Crippen LogP contribution in [0.5, 0.6) is 0 Å². The highest BCUT2D eigenvalue weighted by Gasteiger charge is 2.46. The molecule has 0 saturated carbocycles. The van der Waals surface area contributed by atoms with Crippen molar-refractivity contribution >= 4 is 24.0 Å². The van der Waals surface area contributed by atoms with E-state index >= 15 is 0 Å². The van der Waals surface area contributed by atoms with Gasteiger partial charge in [0, 0.05) is 26.2 Å². The lowest BCUT2D eigenvalue weighted by Crippen LogP contribution is -2.49. The van der Waals surface area contributed by atoms with Crippen molar-refractivity contribution < 1.29 is 17.6 Å². The molecule has 0 bridgehead atoms. The van der Waals surface area contributed by atoms with E-state index in [1.807, 2.05) is 0 Å². The molecule has 0 radical (unpaired) electrons. The van der Waals surface area contributed by atoms with Crippen LogP contribution >= 0.6 is 24.0 Å². The van der Waals surface area contributed by atoms with Gasteiger partial charge in [-0.3, -0.25) is 4.90 Å². The summed E-state index contributed by atoms with van der Waals surface area (Å²) >= 11 is 5.70. The van der Waals surface area contributed by atoms with Crippen LogP contribution in [0.3, 0.4) is 0 Å². The van der Waals surface area contributed by atoms with Gasteiger partial charge >= 0.3 is 6.18 Å². The first-order valence-electron chi connectivity index (χ1n) is 5.86. The number of alkyl halides is 3. The molecule has 0 aliphatic carbocycles. The fraction of sp³-hybridized carbons (Fsp3) is 0.500. The monoisotopic (exact) mass is 332 g/mol. The molecule has 1 aromatic rings. The zero-order valence-electron chi connectivity index (χ0n) is 10.4. The maximum atomic E-state index is 13.4. The van der Waals surface area contributed by atoms with Gasteiger partial charge in [0.05, 0.1) is 5.02 Å². The molecule has 0 amide bonds. The van der Waals surface area contributed by atoms with E-state index < -0.39 is 23.1 Å². The summed E-state index contributed by atoms with van der Waals surface area (Å²) in [6.45, 7) is 1.44. The Kier molecular flexibility index (Phi) is 6.06. The van der Waals surface area contributed by atoms with Gasteiger partial charge in [-0.25, -0.2) is 4.39 Å². The second-order valence-corrected chi connectivity index (χ2v) is 4.75. The molecule has 0 unspecified atom stereocenters. The zero-order valence-corrected chi connectivity index (χ0v) is 12.0. The first-order chi connectivity index (χ1) is 8.91. The minimum absolute atomic E-state index is 0. The van der Waals surface area contributed by atoms with Gasteiger partial charge in [0.1, 0.15) is 11.9 Å². The second-order valence-electron chi connectivity index (χ2n) is 4.37. The largest absolute Gasteiger partial charge is 0.408 e. The van der Waals surface area contributed by atoms with Gasteiger partial charge in [-0.1, -0.05) is 23.7 Å². The van der Waals surface area contributed by atoms with Crippen LogP contribution in [0.2, 0.25) is 5.02 Å². The maximum Gasteiger partial charge on any atom is 0.408 e. The molecule has 1 heterocycles. The SMILES string of the molecule is Cl.Fc1cccc([C@@H](N2CCNCC2)C(F)(F)F)c1Cl. The standard InChI is InChI=1S/C12H13ClF4N2.ClH/c13-10-8(2-1-3-9(10)14)11(12(15,16)17)19-6-4-18-5-7-19;/h1-3,11,18H,4-7H2;1H/t11-;/m1./s1. The first-order valence-corrected chi connectivity index (χ1v) is 6.24. The van der Waals surface area contributed by atoms with Crippen LogP contribution in [0.25, 0.3) is 0 Å². The van der Waals surface area contributed by atoms with Crippen molar-refractivity contribution in [2.75, 3.05) is 26.2 Å². The molecule has 1 fully saturated rings. The van der Waals surface area contributed by atoms with Crippen molar-refractivity contribution in [2.45, 2.75) is 12.2 Å². The van der Waals surface area contributed by atoms with Crippen LogP contribution in [0.15, 0.2) is 18.2 Å². The molecule has 0 aromatic heterocycles. The van der Waals surface area contributed by atoms with Crippen LogP contribution in [0, 0.1) is 5.82 Å². The summed E-state index contributed by atoms with van der Waals surface area (Å²) < 4.78 is 53.1. The highest BCUT2D eigenvalue weighted by molar-refractivity contribution is 6.31. The third-order valence-corrected chi connectivity index (χ3v) is 3.50. The van der Waals surface area contributed by atoms with Gasteiger partial charge in [-0.05, 0) is 11.6 Å².